The number of hydrogen-bond donors (Lipinski definition) is 5. The number of rotatable bonds is 18. The van der Waals surface area contributed by atoms with Crippen molar-refractivity contribution in [2.24, 2.45) is 21.9 Å². The highest BCUT2D eigenvalue weighted by Crippen LogP contribution is 2.41. The number of guanidine groups is 1. The first kappa shape index (κ1) is 35.4. The van der Waals surface area contributed by atoms with Crippen LogP contribution < -0.4 is 21.9 Å². The molecular weight excluding hydrogens is 576 g/mol. The Morgan fingerprint density at radius 2 is 1.98 bits per heavy atom. The van der Waals surface area contributed by atoms with Gasteiger partial charge in [-0.3, -0.25) is 14.6 Å². The first-order valence-corrected chi connectivity index (χ1v) is 15.7. The molecule has 1 aliphatic heterocycles. The van der Waals surface area contributed by atoms with Crippen molar-refractivity contribution in [1.29, 1.82) is 0 Å². The summed E-state index contributed by atoms with van der Waals surface area (Å²) in [5.74, 6) is 0.229. The molecule has 1 aliphatic rings. The lowest BCUT2D eigenvalue weighted by molar-refractivity contribution is -0.148. The van der Waals surface area contributed by atoms with Crippen LogP contribution in [-0.2, 0) is 33.7 Å². The van der Waals surface area contributed by atoms with Gasteiger partial charge in [-0.1, -0.05) is 32.3 Å². The van der Waals surface area contributed by atoms with Crippen molar-refractivity contribution in [3.05, 3.63) is 47.2 Å². The van der Waals surface area contributed by atoms with Crippen molar-refractivity contribution in [3.63, 3.8) is 0 Å². The average molecular weight is 627 g/mol. The van der Waals surface area contributed by atoms with Gasteiger partial charge < -0.3 is 41.8 Å². The van der Waals surface area contributed by atoms with Gasteiger partial charge in [-0.25, -0.2) is 4.98 Å². The molecule has 1 fully saturated rings. The number of hydrogen-bond acceptors (Lipinski definition) is 9. The number of ether oxygens (including phenoxy) is 2. The van der Waals surface area contributed by atoms with Crippen LogP contribution in [-0.4, -0.2) is 70.3 Å². The minimum absolute atomic E-state index is 0.00439. The van der Waals surface area contributed by atoms with Crippen LogP contribution in [0, 0.1) is 5.41 Å². The van der Waals surface area contributed by atoms with E-state index in [0.29, 0.717) is 68.7 Å². The zero-order valence-corrected chi connectivity index (χ0v) is 26.8. The number of nitrogens with zero attached hydrogens (tertiary/aromatic N) is 3. The van der Waals surface area contributed by atoms with Gasteiger partial charge >= 0.3 is 5.97 Å². The van der Waals surface area contributed by atoms with Crippen LogP contribution in [0.25, 0.3) is 0 Å². The number of aliphatic hydroxyl groups is 1. The van der Waals surface area contributed by atoms with Gasteiger partial charge in [0.15, 0.2) is 17.5 Å². The summed E-state index contributed by atoms with van der Waals surface area (Å²) < 4.78 is 11.0. The summed E-state index contributed by atoms with van der Waals surface area (Å²) in [5, 5.41) is 21.6. The van der Waals surface area contributed by atoms with Crippen molar-refractivity contribution >= 4 is 23.7 Å². The van der Waals surface area contributed by atoms with E-state index in [1.165, 1.54) is 14.0 Å². The van der Waals surface area contributed by atoms with E-state index >= 15 is 0 Å². The minimum atomic E-state index is -0.553. The number of likely N-dealkylation sites (tertiary alicyclic amines) is 1. The van der Waals surface area contributed by atoms with Gasteiger partial charge in [0.25, 0.3) is 0 Å². The van der Waals surface area contributed by atoms with E-state index in [1.807, 2.05) is 18.2 Å². The van der Waals surface area contributed by atoms with Crippen molar-refractivity contribution in [2.45, 2.75) is 96.8 Å². The molecule has 3 rings (SSSR count). The number of esters is 1. The molecule has 0 aliphatic carbocycles. The highest BCUT2D eigenvalue weighted by atomic mass is 16.5. The number of carbonyl (C=O) groups is 2. The molecule has 1 aromatic carbocycles. The van der Waals surface area contributed by atoms with Crippen molar-refractivity contribution < 1.29 is 29.3 Å². The van der Waals surface area contributed by atoms with E-state index < -0.39 is 23.6 Å². The monoisotopic (exact) mass is 626 g/mol. The summed E-state index contributed by atoms with van der Waals surface area (Å²) in [5.41, 5.74) is 19.0. The van der Waals surface area contributed by atoms with Crippen LogP contribution in [0.2, 0.25) is 0 Å². The van der Waals surface area contributed by atoms with Crippen LogP contribution in [0.5, 0.6) is 11.5 Å². The largest absolute Gasteiger partial charge is 0.504 e. The van der Waals surface area contributed by atoms with E-state index in [2.05, 4.69) is 16.9 Å². The molecule has 8 N–H and O–H groups in total. The number of carbonyl (C=O) groups excluding carboxylic acids is 2. The summed E-state index contributed by atoms with van der Waals surface area (Å²) in [6.07, 6.45) is 7.15. The fourth-order valence-corrected chi connectivity index (χ4v) is 6.15. The number of aliphatic imine (C=N–C) groups is 1. The Labute approximate surface area is 266 Å². The smallest absolute Gasteiger partial charge is 0.302 e. The summed E-state index contributed by atoms with van der Waals surface area (Å²) in [6, 6.07) is 7.30. The van der Waals surface area contributed by atoms with Crippen LogP contribution in [0.15, 0.2) is 35.5 Å². The molecule has 0 saturated carbocycles. The number of methoxy groups -OCH3 is 1. The van der Waals surface area contributed by atoms with Crippen LogP contribution in [0.3, 0.4) is 0 Å². The molecule has 12 heteroatoms. The fraction of sp³-hybridized carbons (Fsp3) is 0.576. The second-order valence-electron chi connectivity index (χ2n) is 12.2. The molecule has 3 unspecified atom stereocenters. The molecule has 1 aromatic heterocycles. The van der Waals surface area contributed by atoms with Gasteiger partial charge in [-0.2, -0.15) is 0 Å². The molecule has 0 spiro atoms. The number of benzene rings is 1. The maximum atomic E-state index is 13.4. The molecular formula is C33H50N6O6. The number of phenolic OH excluding ortho intramolecular Hbond substituents is 1. The Morgan fingerprint density at radius 3 is 2.64 bits per heavy atom. The predicted molar refractivity (Wildman–Crippen MR) is 173 cm³/mol. The molecule has 0 bridgehead atoms. The summed E-state index contributed by atoms with van der Waals surface area (Å²) >= 11 is 0. The second kappa shape index (κ2) is 16.9. The number of nitrogen functional groups attached to an aromatic ring is 1. The van der Waals surface area contributed by atoms with Gasteiger partial charge in [0.05, 0.1) is 13.2 Å². The van der Waals surface area contributed by atoms with E-state index in [1.54, 1.807) is 17.2 Å². The normalized spacial score (nSPS) is 17.6. The maximum Gasteiger partial charge on any atom is 0.302 e. The maximum absolute atomic E-state index is 13.4. The standard InChI is InChI=1S/C33H50N6O6/c1-4-5-6-7-26(41)17-27(45-22(2)40)9-8-23-14-25(31(43)28(15-23)44-3)20-39-21-33(19-30(39)42,11-13-38-32(35)36)18-24-10-12-37-29(34)16-24/h10,12,14-16,26-27,41,43H,4-9,11,13,17-21H2,1-3H3,(H2,34,37)(H4,35,36,38). The molecule has 12 nitrogen and oxygen atoms in total. The summed E-state index contributed by atoms with van der Waals surface area (Å²) in [4.78, 5) is 35.2. The third-order valence-electron chi connectivity index (χ3n) is 8.32. The number of nitrogens with two attached hydrogens (primary N) is 3. The Bertz CT molecular complexity index is 1320. The number of phenols is 1. The predicted octanol–water partition coefficient (Wildman–Crippen LogP) is 3.20. The lowest BCUT2D eigenvalue weighted by Crippen LogP contribution is -2.31. The van der Waals surface area contributed by atoms with E-state index in [4.69, 9.17) is 26.7 Å². The van der Waals surface area contributed by atoms with E-state index in [9.17, 15) is 19.8 Å². The second-order valence-corrected chi connectivity index (χ2v) is 12.2. The van der Waals surface area contributed by atoms with Gasteiger partial charge in [0, 0.05) is 56.6 Å². The quantitative estimate of drug-likeness (QED) is 0.0708. The van der Waals surface area contributed by atoms with Crippen molar-refractivity contribution in [3.8, 4) is 11.5 Å². The molecule has 2 heterocycles. The third-order valence-corrected chi connectivity index (χ3v) is 8.32. The third kappa shape index (κ3) is 11.1. The number of aliphatic hydroxyl groups excluding tert-OH is 1. The molecule has 0 radical (unpaired) electrons. The SMILES string of the molecule is CCCCCC(O)CC(CCc1cc(CN2CC(CCN=C(N)N)(Cc3ccnc(N)c3)CC2=O)c(O)c(OC)c1)OC(C)=O. The van der Waals surface area contributed by atoms with Gasteiger partial charge in [-0.15, -0.1) is 0 Å². The van der Waals surface area contributed by atoms with E-state index in [0.717, 1.165) is 30.4 Å². The van der Waals surface area contributed by atoms with Crippen molar-refractivity contribution in [1.82, 2.24) is 9.88 Å². The van der Waals surface area contributed by atoms with Gasteiger partial charge in [0.1, 0.15) is 11.9 Å². The molecule has 3 atom stereocenters. The highest BCUT2D eigenvalue weighted by Gasteiger charge is 2.43. The first-order valence-electron chi connectivity index (χ1n) is 15.7. The Balaban J connectivity index is 1.78. The molecule has 2 aromatic rings. The van der Waals surface area contributed by atoms with Gasteiger partial charge in [-0.05, 0) is 61.4 Å². The molecule has 1 amide bonds. The van der Waals surface area contributed by atoms with Crippen LogP contribution in [0.1, 0.15) is 81.9 Å². The lowest BCUT2D eigenvalue weighted by atomic mass is 9.78. The topological polar surface area (TPSA) is 200 Å². The highest BCUT2D eigenvalue weighted by molar-refractivity contribution is 5.80. The number of aromatic nitrogens is 1. The lowest BCUT2D eigenvalue weighted by Gasteiger charge is -2.29. The number of amides is 1. The Hall–Kier alpha value is -4.06. The summed E-state index contributed by atoms with van der Waals surface area (Å²) in [7, 11) is 1.48. The fourth-order valence-electron chi connectivity index (χ4n) is 6.15. The number of anilines is 1. The Morgan fingerprint density at radius 1 is 1.20 bits per heavy atom. The number of pyridine rings is 1. The first-order chi connectivity index (χ1) is 21.4. The number of unbranched alkanes of at least 4 members (excludes halogenated alkanes) is 2. The number of aromatic hydroxyl groups is 1. The van der Waals surface area contributed by atoms with Gasteiger partial charge in [0.2, 0.25) is 5.91 Å². The van der Waals surface area contributed by atoms with Crippen LogP contribution in [0.4, 0.5) is 5.82 Å². The molecule has 45 heavy (non-hydrogen) atoms. The van der Waals surface area contributed by atoms with Crippen LogP contribution >= 0.6 is 0 Å². The zero-order valence-electron chi connectivity index (χ0n) is 26.8. The molecule has 248 valence electrons. The molecule has 1 saturated heterocycles. The van der Waals surface area contributed by atoms with E-state index in [-0.39, 0.29) is 30.6 Å². The zero-order chi connectivity index (χ0) is 33.0. The summed E-state index contributed by atoms with van der Waals surface area (Å²) in [6.45, 7) is 4.46. The minimum Gasteiger partial charge on any atom is -0.504 e. The average Bonchev–Trinajstić information content (AvgIpc) is 3.26. The Kier molecular flexibility index (Phi) is 13.3. The number of aryl methyl sites for hydroxylation is 1. The van der Waals surface area contributed by atoms with Crippen molar-refractivity contribution in [2.75, 3.05) is 25.9 Å².